The lowest BCUT2D eigenvalue weighted by Gasteiger charge is -2.29. The van der Waals surface area contributed by atoms with Crippen molar-refractivity contribution in [2.45, 2.75) is 38.6 Å². The SMILES string of the molecule is N#Cc1ccc(CNc2nc(C3=CCN(Cc4nc5ccc(C(=O)O)cc5n4C[C@@H]4CCO4)CC3)c(F)cc2F)c(F)c1. The summed E-state index contributed by atoms with van der Waals surface area (Å²) in [6.07, 6.45) is 3.26. The number of rotatable bonds is 9. The van der Waals surface area contributed by atoms with E-state index >= 15 is 0 Å². The Labute approximate surface area is 244 Å². The first-order valence-corrected chi connectivity index (χ1v) is 13.8. The number of carboxylic acid groups (broad SMARTS) is 1. The fourth-order valence-corrected chi connectivity index (χ4v) is 5.29. The Morgan fingerprint density at radius 3 is 2.63 bits per heavy atom. The molecule has 2 aliphatic heterocycles. The summed E-state index contributed by atoms with van der Waals surface area (Å²) in [4.78, 5) is 22.7. The Morgan fingerprint density at radius 2 is 1.95 bits per heavy atom. The van der Waals surface area contributed by atoms with Gasteiger partial charge in [-0.2, -0.15) is 5.26 Å². The number of carboxylic acids is 1. The van der Waals surface area contributed by atoms with E-state index in [9.17, 15) is 23.1 Å². The Bertz CT molecular complexity index is 1790. The number of ether oxygens (including phenoxy) is 1. The Hall–Kier alpha value is -4.73. The van der Waals surface area contributed by atoms with Crippen molar-refractivity contribution in [2.75, 3.05) is 25.0 Å². The molecule has 2 N–H and O–H groups in total. The number of nitriles is 1. The van der Waals surface area contributed by atoms with Crippen LogP contribution in [0.25, 0.3) is 16.6 Å². The maximum absolute atomic E-state index is 14.8. The molecule has 4 aromatic rings. The highest BCUT2D eigenvalue weighted by Crippen LogP contribution is 2.28. The summed E-state index contributed by atoms with van der Waals surface area (Å²) in [5.74, 6) is -2.72. The highest BCUT2D eigenvalue weighted by Gasteiger charge is 2.25. The van der Waals surface area contributed by atoms with Crippen LogP contribution in [0, 0.1) is 28.8 Å². The number of imidazole rings is 1. The summed E-state index contributed by atoms with van der Waals surface area (Å²) in [5, 5.41) is 21.1. The molecule has 2 aliphatic rings. The molecule has 0 spiro atoms. The molecule has 6 rings (SSSR count). The number of fused-ring (bicyclic) bond motifs is 1. The highest BCUT2D eigenvalue weighted by molar-refractivity contribution is 5.92. The van der Waals surface area contributed by atoms with E-state index in [1.54, 1.807) is 12.1 Å². The number of carbonyl (C=O) groups is 1. The number of anilines is 1. The van der Waals surface area contributed by atoms with Gasteiger partial charge in [-0.15, -0.1) is 0 Å². The van der Waals surface area contributed by atoms with E-state index in [0.717, 1.165) is 29.9 Å². The first-order valence-electron chi connectivity index (χ1n) is 13.8. The quantitative estimate of drug-likeness (QED) is 0.277. The third-order valence-electron chi connectivity index (χ3n) is 7.77. The van der Waals surface area contributed by atoms with E-state index in [4.69, 9.17) is 15.0 Å². The Balaban J connectivity index is 1.18. The van der Waals surface area contributed by atoms with E-state index in [-0.39, 0.29) is 40.9 Å². The second-order valence-corrected chi connectivity index (χ2v) is 10.6. The molecule has 2 aromatic heterocycles. The van der Waals surface area contributed by atoms with Gasteiger partial charge in [-0.25, -0.2) is 27.9 Å². The van der Waals surface area contributed by atoms with Gasteiger partial charge in [0.05, 0.1) is 47.4 Å². The van der Waals surface area contributed by atoms with Crippen molar-refractivity contribution < 1.29 is 27.8 Å². The van der Waals surface area contributed by atoms with Gasteiger partial charge in [0.25, 0.3) is 0 Å². The zero-order valence-corrected chi connectivity index (χ0v) is 23.0. The normalized spacial score (nSPS) is 16.9. The molecule has 0 unspecified atom stereocenters. The summed E-state index contributed by atoms with van der Waals surface area (Å²) in [6.45, 7) is 2.68. The zero-order chi connectivity index (χ0) is 30.1. The average molecular weight is 589 g/mol. The minimum Gasteiger partial charge on any atom is -0.478 e. The van der Waals surface area contributed by atoms with Crippen LogP contribution >= 0.6 is 0 Å². The number of pyridine rings is 1. The second-order valence-electron chi connectivity index (χ2n) is 10.6. The van der Waals surface area contributed by atoms with Crippen LogP contribution in [0.4, 0.5) is 19.0 Å². The molecule has 1 fully saturated rings. The van der Waals surface area contributed by atoms with Crippen molar-refractivity contribution in [1.29, 1.82) is 5.26 Å². The zero-order valence-electron chi connectivity index (χ0n) is 23.0. The van der Waals surface area contributed by atoms with Gasteiger partial charge in [-0.1, -0.05) is 12.1 Å². The molecular formula is C31H27F3N6O3. The first-order chi connectivity index (χ1) is 20.8. The minimum absolute atomic E-state index is 0.0272. The van der Waals surface area contributed by atoms with Crippen molar-refractivity contribution in [3.8, 4) is 6.07 Å². The van der Waals surface area contributed by atoms with Gasteiger partial charge in [0.2, 0.25) is 0 Å². The number of hydrogen-bond acceptors (Lipinski definition) is 7. The summed E-state index contributed by atoms with van der Waals surface area (Å²) in [5.41, 5.74) is 2.66. The van der Waals surface area contributed by atoms with Crippen LogP contribution in [0.5, 0.6) is 0 Å². The minimum atomic E-state index is -1.01. The van der Waals surface area contributed by atoms with Gasteiger partial charge in [-0.3, -0.25) is 4.90 Å². The van der Waals surface area contributed by atoms with Crippen molar-refractivity contribution in [2.24, 2.45) is 0 Å². The number of benzene rings is 2. The fraction of sp³-hybridized carbons (Fsp3) is 0.290. The largest absolute Gasteiger partial charge is 0.478 e. The van der Waals surface area contributed by atoms with Crippen molar-refractivity contribution >= 4 is 28.4 Å². The Kier molecular flexibility index (Phi) is 7.84. The van der Waals surface area contributed by atoms with E-state index in [0.29, 0.717) is 50.3 Å². The summed E-state index contributed by atoms with van der Waals surface area (Å²) >= 11 is 0. The molecule has 9 nitrogen and oxygen atoms in total. The number of aromatic nitrogens is 3. The lowest BCUT2D eigenvalue weighted by Crippen LogP contribution is -2.33. The van der Waals surface area contributed by atoms with Gasteiger partial charge >= 0.3 is 5.97 Å². The van der Waals surface area contributed by atoms with Gasteiger partial charge < -0.3 is 19.7 Å². The van der Waals surface area contributed by atoms with E-state index in [1.807, 2.05) is 16.7 Å². The van der Waals surface area contributed by atoms with Crippen LogP contribution in [-0.4, -0.2) is 56.3 Å². The van der Waals surface area contributed by atoms with E-state index in [2.05, 4.69) is 15.2 Å². The van der Waals surface area contributed by atoms with Crippen LogP contribution in [0.15, 0.2) is 48.5 Å². The predicted octanol–water partition coefficient (Wildman–Crippen LogP) is 5.11. The molecule has 0 amide bonds. The van der Waals surface area contributed by atoms with E-state index in [1.165, 1.54) is 18.2 Å². The maximum atomic E-state index is 14.8. The van der Waals surface area contributed by atoms with Crippen molar-refractivity contribution in [3.63, 3.8) is 0 Å². The third kappa shape index (κ3) is 5.95. The number of aromatic carboxylic acids is 1. The molecule has 220 valence electrons. The second kappa shape index (κ2) is 11.9. The molecule has 4 heterocycles. The van der Waals surface area contributed by atoms with Crippen molar-refractivity contribution in [3.05, 3.63) is 94.2 Å². The fourth-order valence-electron chi connectivity index (χ4n) is 5.29. The van der Waals surface area contributed by atoms with Crippen LogP contribution in [0.2, 0.25) is 0 Å². The van der Waals surface area contributed by atoms with Crippen LogP contribution in [-0.2, 0) is 24.4 Å². The average Bonchev–Trinajstić information content (AvgIpc) is 3.31. The molecule has 1 atom stereocenters. The van der Waals surface area contributed by atoms with Crippen molar-refractivity contribution in [1.82, 2.24) is 19.4 Å². The Morgan fingerprint density at radius 1 is 1.12 bits per heavy atom. The van der Waals surface area contributed by atoms with Crippen LogP contribution in [0.3, 0.4) is 0 Å². The topological polar surface area (TPSA) is 116 Å². The summed E-state index contributed by atoms with van der Waals surface area (Å²) < 4.78 is 51.3. The van der Waals surface area contributed by atoms with Crippen LogP contribution in [0.1, 0.15) is 45.8 Å². The number of nitrogens with one attached hydrogen (secondary N) is 1. The predicted molar refractivity (Wildman–Crippen MR) is 152 cm³/mol. The van der Waals surface area contributed by atoms with Gasteiger partial charge in [0.1, 0.15) is 17.3 Å². The van der Waals surface area contributed by atoms with Crippen LogP contribution < -0.4 is 5.32 Å². The lowest BCUT2D eigenvalue weighted by molar-refractivity contribution is -0.0591. The van der Waals surface area contributed by atoms with Gasteiger partial charge in [0, 0.05) is 37.9 Å². The summed E-state index contributed by atoms with van der Waals surface area (Å²) in [6, 6.07) is 11.5. The first kappa shape index (κ1) is 28.4. The van der Waals surface area contributed by atoms with Gasteiger partial charge in [0.15, 0.2) is 17.5 Å². The molecule has 0 saturated carbocycles. The number of halogens is 3. The molecular weight excluding hydrogens is 561 g/mol. The van der Waals surface area contributed by atoms with Gasteiger partial charge in [-0.05, 0) is 48.7 Å². The molecule has 43 heavy (non-hydrogen) atoms. The monoisotopic (exact) mass is 588 g/mol. The number of hydrogen-bond donors (Lipinski definition) is 2. The smallest absolute Gasteiger partial charge is 0.335 e. The highest BCUT2D eigenvalue weighted by atomic mass is 19.1. The lowest BCUT2D eigenvalue weighted by atomic mass is 10.0. The third-order valence-corrected chi connectivity index (χ3v) is 7.77. The molecule has 12 heteroatoms. The molecule has 2 aromatic carbocycles. The molecule has 0 aliphatic carbocycles. The molecule has 0 bridgehead atoms. The summed E-state index contributed by atoms with van der Waals surface area (Å²) in [7, 11) is 0. The standard InChI is InChI=1S/C31H27F3N6O3/c32-23-11-18(14-35)1-2-21(23)15-36-30-25(34)13-24(33)29(38-30)19-5-8-39(9-6-19)17-28-37-26-4-3-20(31(41)42)12-27(26)40(28)16-22-7-10-43-22/h1-5,11-13,22H,6-10,15-17H2,(H,36,38)(H,41,42)/t22-/m0/s1. The molecule has 0 radical (unpaired) electrons. The number of nitrogens with zero attached hydrogens (tertiary/aromatic N) is 5. The maximum Gasteiger partial charge on any atom is 0.335 e. The molecule has 1 saturated heterocycles. The van der Waals surface area contributed by atoms with E-state index < -0.39 is 23.4 Å².